The van der Waals surface area contributed by atoms with Crippen LogP contribution in [0.25, 0.3) is 0 Å². The topological polar surface area (TPSA) is 70.4 Å². The second kappa shape index (κ2) is 7.38. The number of likely N-dealkylation sites (tertiary alicyclic amines) is 1. The number of rotatable bonds is 4. The molecule has 5 nitrogen and oxygen atoms in total. The predicted octanol–water partition coefficient (Wildman–Crippen LogP) is 1.87. The van der Waals surface area contributed by atoms with E-state index in [1.54, 1.807) is 0 Å². The van der Waals surface area contributed by atoms with Crippen molar-refractivity contribution in [3.05, 3.63) is 29.8 Å². The monoisotopic (exact) mass is 306 g/mol. The van der Waals surface area contributed by atoms with Crippen molar-refractivity contribution in [1.29, 1.82) is 0 Å². The van der Waals surface area contributed by atoms with E-state index in [0.717, 1.165) is 37.2 Å². The first-order valence-corrected chi connectivity index (χ1v) is 7.58. The number of nitrogens with one attached hydrogen (secondary N) is 2. The highest BCUT2D eigenvalue weighted by Gasteiger charge is 2.20. The Morgan fingerprint density at radius 1 is 1.43 bits per heavy atom. The van der Waals surface area contributed by atoms with Crippen LogP contribution < -0.4 is 16.4 Å². The molecule has 1 heterocycles. The number of aryl methyl sites for hydroxylation is 1. The minimum atomic E-state index is -0.145. The van der Waals surface area contributed by atoms with Crippen molar-refractivity contribution in [3.8, 4) is 0 Å². The number of piperidine rings is 1. The summed E-state index contributed by atoms with van der Waals surface area (Å²) in [6, 6.07) is 7.83. The molecule has 0 bridgehead atoms. The van der Waals surface area contributed by atoms with Crippen LogP contribution in [0, 0.1) is 6.92 Å². The molecular formula is C15H22N4OS. The van der Waals surface area contributed by atoms with Crippen LogP contribution >= 0.6 is 12.2 Å². The first-order chi connectivity index (χ1) is 10.0. The van der Waals surface area contributed by atoms with E-state index in [4.69, 9.17) is 18.0 Å². The van der Waals surface area contributed by atoms with Crippen LogP contribution in [0.5, 0.6) is 0 Å². The smallest absolute Gasteiger partial charge is 0.319 e. The third kappa shape index (κ3) is 5.32. The van der Waals surface area contributed by atoms with Crippen molar-refractivity contribution in [2.75, 3.05) is 25.0 Å². The number of thiocarbonyl (C=S) groups is 1. The standard InChI is InChI=1S/C15H22N4OS/c1-11-3-2-4-13(9-11)18-15(20)17-12-5-7-19(8-6-12)10-14(16)21/h2-4,9,12H,5-8,10H2,1H3,(H2,16,21)(H2,17,18,20). The Morgan fingerprint density at radius 3 is 2.76 bits per heavy atom. The molecule has 21 heavy (non-hydrogen) atoms. The van der Waals surface area contributed by atoms with Gasteiger partial charge in [-0.3, -0.25) is 4.90 Å². The summed E-state index contributed by atoms with van der Waals surface area (Å²) in [5, 5.41) is 5.89. The largest absolute Gasteiger partial charge is 0.392 e. The van der Waals surface area contributed by atoms with E-state index in [0.29, 0.717) is 11.5 Å². The Labute approximate surface area is 130 Å². The Morgan fingerprint density at radius 2 is 2.14 bits per heavy atom. The molecule has 4 N–H and O–H groups in total. The van der Waals surface area contributed by atoms with E-state index in [9.17, 15) is 4.79 Å². The maximum Gasteiger partial charge on any atom is 0.319 e. The van der Waals surface area contributed by atoms with Gasteiger partial charge in [0.1, 0.15) is 0 Å². The van der Waals surface area contributed by atoms with Crippen molar-refractivity contribution in [2.45, 2.75) is 25.8 Å². The second-order valence-electron chi connectivity index (χ2n) is 5.48. The molecule has 0 unspecified atom stereocenters. The summed E-state index contributed by atoms with van der Waals surface area (Å²) in [6.07, 6.45) is 1.84. The SMILES string of the molecule is Cc1cccc(NC(=O)NC2CCN(CC(N)=S)CC2)c1. The molecule has 0 radical (unpaired) electrons. The van der Waals surface area contributed by atoms with Gasteiger partial charge in [-0.2, -0.15) is 0 Å². The van der Waals surface area contributed by atoms with E-state index in [1.165, 1.54) is 0 Å². The van der Waals surface area contributed by atoms with Crippen molar-refractivity contribution in [3.63, 3.8) is 0 Å². The van der Waals surface area contributed by atoms with E-state index in [1.807, 2.05) is 31.2 Å². The Kier molecular flexibility index (Phi) is 5.52. The molecule has 2 rings (SSSR count). The Hall–Kier alpha value is -1.66. The fourth-order valence-electron chi connectivity index (χ4n) is 2.53. The molecule has 1 aliphatic heterocycles. The number of carbonyl (C=O) groups excluding carboxylic acids is 1. The maximum atomic E-state index is 12.0. The number of carbonyl (C=O) groups is 1. The summed E-state index contributed by atoms with van der Waals surface area (Å²) >= 11 is 4.92. The summed E-state index contributed by atoms with van der Waals surface area (Å²) in [7, 11) is 0. The summed E-state index contributed by atoms with van der Waals surface area (Å²) in [6.45, 7) is 4.48. The minimum Gasteiger partial charge on any atom is -0.392 e. The molecule has 114 valence electrons. The average Bonchev–Trinajstić information content (AvgIpc) is 2.40. The number of urea groups is 1. The van der Waals surface area contributed by atoms with Gasteiger partial charge in [0.05, 0.1) is 4.99 Å². The van der Waals surface area contributed by atoms with Gasteiger partial charge < -0.3 is 16.4 Å². The molecule has 0 atom stereocenters. The number of nitrogens with zero attached hydrogens (tertiary/aromatic N) is 1. The number of nitrogens with two attached hydrogens (primary N) is 1. The van der Waals surface area contributed by atoms with Crippen LogP contribution in [0.1, 0.15) is 18.4 Å². The number of anilines is 1. The molecule has 0 saturated carbocycles. The highest BCUT2D eigenvalue weighted by Crippen LogP contribution is 2.12. The Bertz CT molecular complexity index is 512. The Balaban J connectivity index is 1.75. The van der Waals surface area contributed by atoms with Crippen molar-refractivity contribution < 1.29 is 4.79 Å². The van der Waals surface area contributed by atoms with Crippen LogP contribution in [0.2, 0.25) is 0 Å². The van der Waals surface area contributed by atoms with Gasteiger partial charge in [0.15, 0.2) is 0 Å². The molecule has 1 aromatic carbocycles. The summed E-state index contributed by atoms with van der Waals surface area (Å²) in [5.41, 5.74) is 7.49. The molecule has 1 fully saturated rings. The summed E-state index contributed by atoms with van der Waals surface area (Å²) in [5.74, 6) is 0. The van der Waals surface area contributed by atoms with E-state index >= 15 is 0 Å². The second-order valence-corrected chi connectivity index (χ2v) is 6.01. The lowest BCUT2D eigenvalue weighted by atomic mass is 10.1. The van der Waals surface area contributed by atoms with E-state index < -0.39 is 0 Å². The van der Waals surface area contributed by atoms with Crippen molar-refractivity contribution >= 4 is 28.9 Å². The van der Waals surface area contributed by atoms with Gasteiger partial charge in [-0.1, -0.05) is 24.4 Å². The van der Waals surface area contributed by atoms with Gasteiger partial charge in [-0.25, -0.2) is 4.79 Å². The van der Waals surface area contributed by atoms with Crippen LogP contribution in [-0.2, 0) is 0 Å². The van der Waals surface area contributed by atoms with Crippen LogP contribution in [0.3, 0.4) is 0 Å². The molecule has 0 aromatic heterocycles. The first-order valence-electron chi connectivity index (χ1n) is 7.18. The first kappa shape index (κ1) is 15.7. The lowest BCUT2D eigenvalue weighted by Crippen LogP contribution is -2.47. The highest BCUT2D eigenvalue weighted by molar-refractivity contribution is 7.80. The minimum absolute atomic E-state index is 0.145. The molecule has 1 aliphatic rings. The number of benzene rings is 1. The summed E-state index contributed by atoms with van der Waals surface area (Å²) in [4.78, 5) is 14.7. The van der Waals surface area contributed by atoms with Gasteiger partial charge in [0.2, 0.25) is 0 Å². The molecule has 1 saturated heterocycles. The molecule has 6 heteroatoms. The van der Waals surface area contributed by atoms with Crippen molar-refractivity contribution in [2.24, 2.45) is 5.73 Å². The van der Waals surface area contributed by atoms with Gasteiger partial charge in [0, 0.05) is 31.4 Å². The fraction of sp³-hybridized carbons (Fsp3) is 0.467. The zero-order valence-corrected chi connectivity index (χ0v) is 13.1. The molecule has 0 aliphatic carbocycles. The fourth-order valence-corrected chi connectivity index (χ4v) is 2.71. The van der Waals surface area contributed by atoms with Gasteiger partial charge >= 0.3 is 6.03 Å². The van der Waals surface area contributed by atoms with Crippen LogP contribution in [0.15, 0.2) is 24.3 Å². The van der Waals surface area contributed by atoms with E-state index in [-0.39, 0.29) is 12.1 Å². The van der Waals surface area contributed by atoms with Crippen LogP contribution in [0.4, 0.5) is 10.5 Å². The van der Waals surface area contributed by atoms with Gasteiger partial charge in [-0.15, -0.1) is 0 Å². The molecule has 2 amide bonds. The number of amides is 2. The number of hydrogen-bond acceptors (Lipinski definition) is 3. The maximum absolute atomic E-state index is 12.0. The van der Waals surface area contributed by atoms with Crippen LogP contribution in [-0.4, -0.2) is 41.6 Å². The quantitative estimate of drug-likeness (QED) is 0.743. The normalized spacial score (nSPS) is 16.4. The third-order valence-electron chi connectivity index (χ3n) is 3.58. The predicted molar refractivity (Wildman–Crippen MR) is 89.6 cm³/mol. The van der Waals surface area contributed by atoms with Gasteiger partial charge in [0.25, 0.3) is 0 Å². The lowest BCUT2D eigenvalue weighted by molar-refractivity contribution is 0.213. The third-order valence-corrected chi connectivity index (χ3v) is 3.71. The highest BCUT2D eigenvalue weighted by atomic mass is 32.1. The molecular weight excluding hydrogens is 284 g/mol. The lowest BCUT2D eigenvalue weighted by Gasteiger charge is -2.31. The molecule has 1 aromatic rings. The average molecular weight is 306 g/mol. The van der Waals surface area contributed by atoms with Gasteiger partial charge in [-0.05, 0) is 37.5 Å². The summed E-state index contributed by atoms with van der Waals surface area (Å²) < 4.78 is 0. The van der Waals surface area contributed by atoms with Crippen molar-refractivity contribution in [1.82, 2.24) is 10.2 Å². The molecule has 0 spiro atoms. The zero-order valence-electron chi connectivity index (χ0n) is 12.3. The van der Waals surface area contributed by atoms with E-state index in [2.05, 4.69) is 15.5 Å². The zero-order chi connectivity index (χ0) is 15.2. The number of hydrogen-bond donors (Lipinski definition) is 3.